The van der Waals surface area contributed by atoms with Crippen LogP contribution < -0.4 is 0 Å². The highest BCUT2D eigenvalue weighted by Crippen LogP contribution is 2.40. The third-order valence-corrected chi connectivity index (χ3v) is 4.35. The van der Waals surface area contributed by atoms with Crippen LogP contribution in [0.3, 0.4) is 0 Å². The van der Waals surface area contributed by atoms with Gasteiger partial charge >= 0.3 is 12.1 Å². The molecule has 0 atom stereocenters. The monoisotopic (exact) mass is 307 g/mol. The number of carboxylic acid groups (broad SMARTS) is 1. The van der Waals surface area contributed by atoms with E-state index in [0.717, 1.165) is 12.8 Å². The highest BCUT2D eigenvalue weighted by molar-refractivity contribution is 5.83. The van der Waals surface area contributed by atoms with Gasteiger partial charge in [-0.05, 0) is 44.4 Å². The van der Waals surface area contributed by atoms with Crippen LogP contribution in [0.2, 0.25) is 0 Å². The van der Waals surface area contributed by atoms with Crippen molar-refractivity contribution in [2.45, 2.75) is 44.7 Å². The summed E-state index contributed by atoms with van der Waals surface area (Å²) < 4.78 is 37.8. The Morgan fingerprint density at radius 2 is 1.62 bits per heavy atom. The number of halogens is 3. The van der Waals surface area contributed by atoms with Gasteiger partial charge < -0.3 is 10.0 Å². The minimum absolute atomic E-state index is 0.0375. The first-order valence-corrected chi connectivity index (χ1v) is 7.34. The maximum absolute atomic E-state index is 12.6. The molecule has 2 rings (SSSR count). The summed E-state index contributed by atoms with van der Waals surface area (Å²) >= 11 is 0. The van der Waals surface area contributed by atoms with Gasteiger partial charge in [0, 0.05) is 12.5 Å². The van der Waals surface area contributed by atoms with Crippen LogP contribution >= 0.6 is 0 Å². The molecule has 0 aliphatic heterocycles. The van der Waals surface area contributed by atoms with Gasteiger partial charge in [0.25, 0.3) is 0 Å². The third kappa shape index (κ3) is 4.61. The van der Waals surface area contributed by atoms with Crippen LogP contribution in [-0.2, 0) is 9.59 Å². The lowest BCUT2D eigenvalue weighted by Crippen LogP contribution is -2.42. The number of nitrogens with zero attached hydrogens (tertiary/aromatic N) is 1. The fourth-order valence-corrected chi connectivity index (χ4v) is 2.93. The minimum Gasteiger partial charge on any atom is -0.480 e. The first kappa shape index (κ1) is 16.1. The van der Waals surface area contributed by atoms with Gasteiger partial charge in [-0.15, -0.1) is 0 Å². The summed E-state index contributed by atoms with van der Waals surface area (Å²) in [5.74, 6) is -2.78. The number of carbonyl (C=O) groups is 2. The second-order valence-corrected chi connectivity index (χ2v) is 6.15. The Bertz CT molecular complexity index is 399. The van der Waals surface area contributed by atoms with Crippen LogP contribution in [-0.4, -0.2) is 41.1 Å². The van der Waals surface area contributed by atoms with E-state index in [2.05, 4.69) is 0 Å². The minimum atomic E-state index is -4.19. The van der Waals surface area contributed by atoms with Crippen molar-refractivity contribution in [1.82, 2.24) is 4.90 Å². The third-order valence-electron chi connectivity index (χ3n) is 4.35. The molecule has 4 nitrogen and oxygen atoms in total. The Labute approximate surface area is 121 Å². The summed E-state index contributed by atoms with van der Waals surface area (Å²) in [5.41, 5.74) is 0. The van der Waals surface area contributed by atoms with Gasteiger partial charge in [0.05, 0.1) is 5.92 Å². The summed E-state index contributed by atoms with van der Waals surface area (Å²) in [7, 11) is 0. The molecule has 1 N–H and O–H groups in total. The predicted octanol–water partition coefficient (Wildman–Crippen LogP) is 2.68. The zero-order valence-electron chi connectivity index (χ0n) is 11.7. The number of alkyl halides is 3. The number of carbonyl (C=O) groups excluding carboxylic acids is 1. The molecule has 2 fully saturated rings. The molecule has 0 aromatic carbocycles. The molecular weight excluding hydrogens is 287 g/mol. The highest BCUT2D eigenvalue weighted by atomic mass is 19.4. The summed E-state index contributed by atoms with van der Waals surface area (Å²) in [5, 5.41) is 8.87. The largest absolute Gasteiger partial charge is 0.480 e. The molecule has 0 spiro atoms. The molecule has 0 aromatic rings. The fourth-order valence-electron chi connectivity index (χ4n) is 2.93. The van der Waals surface area contributed by atoms with Crippen molar-refractivity contribution in [2.75, 3.05) is 13.1 Å². The molecule has 0 bridgehead atoms. The van der Waals surface area contributed by atoms with Gasteiger partial charge in [-0.25, -0.2) is 0 Å². The average molecular weight is 307 g/mol. The number of amides is 1. The van der Waals surface area contributed by atoms with Gasteiger partial charge in [0.1, 0.15) is 6.54 Å². The molecule has 0 heterocycles. The molecule has 21 heavy (non-hydrogen) atoms. The first-order valence-electron chi connectivity index (χ1n) is 7.34. The van der Waals surface area contributed by atoms with Crippen LogP contribution in [0.1, 0.15) is 38.5 Å². The van der Waals surface area contributed by atoms with E-state index in [4.69, 9.17) is 5.11 Å². The average Bonchev–Trinajstić information content (AvgIpc) is 3.20. The normalized spacial score (nSPS) is 26.4. The van der Waals surface area contributed by atoms with E-state index in [-0.39, 0.29) is 38.1 Å². The Morgan fingerprint density at radius 3 is 2.05 bits per heavy atom. The summed E-state index contributed by atoms with van der Waals surface area (Å²) in [6.45, 7) is 0.0683. The van der Waals surface area contributed by atoms with Crippen molar-refractivity contribution >= 4 is 11.9 Å². The van der Waals surface area contributed by atoms with Crippen molar-refractivity contribution in [3.8, 4) is 0 Å². The van der Waals surface area contributed by atoms with Crippen LogP contribution in [0.15, 0.2) is 0 Å². The lowest BCUT2D eigenvalue weighted by molar-refractivity contribution is -0.185. The fraction of sp³-hybridized carbons (Fsp3) is 0.857. The summed E-state index contributed by atoms with van der Waals surface area (Å²) in [4.78, 5) is 24.5. The number of aliphatic carboxylic acids is 1. The molecule has 0 aromatic heterocycles. The maximum Gasteiger partial charge on any atom is 0.391 e. The van der Waals surface area contributed by atoms with Crippen LogP contribution in [0.5, 0.6) is 0 Å². The zero-order chi connectivity index (χ0) is 15.6. The van der Waals surface area contributed by atoms with E-state index in [0.29, 0.717) is 12.5 Å². The van der Waals surface area contributed by atoms with Gasteiger partial charge in [0.15, 0.2) is 0 Å². The summed E-state index contributed by atoms with van der Waals surface area (Å²) in [6.07, 6.45) is -1.89. The predicted molar refractivity (Wildman–Crippen MR) is 68.4 cm³/mol. The molecular formula is C14H20F3NO3. The maximum atomic E-state index is 12.6. The topological polar surface area (TPSA) is 57.6 Å². The van der Waals surface area contributed by atoms with Gasteiger partial charge in [-0.2, -0.15) is 13.2 Å². The van der Waals surface area contributed by atoms with E-state index in [1.807, 2.05) is 0 Å². The number of rotatable bonds is 5. The van der Waals surface area contributed by atoms with E-state index in [1.165, 1.54) is 4.90 Å². The van der Waals surface area contributed by atoms with Crippen molar-refractivity contribution < 1.29 is 27.9 Å². The van der Waals surface area contributed by atoms with Crippen LogP contribution in [0.4, 0.5) is 13.2 Å². The standard InChI is InChI=1S/C14H20F3NO3/c15-14(16,17)11-5-3-10(4-6-11)13(21)18(8-12(19)20)7-9-1-2-9/h9-11H,1-8H2,(H,19,20). The van der Waals surface area contributed by atoms with Crippen molar-refractivity contribution in [3.05, 3.63) is 0 Å². The smallest absolute Gasteiger partial charge is 0.391 e. The van der Waals surface area contributed by atoms with Gasteiger partial charge in [-0.1, -0.05) is 0 Å². The molecule has 1 amide bonds. The lowest BCUT2D eigenvalue weighted by atomic mass is 9.81. The van der Waals surface area contributed by atoms with E-state index in [9.17, 15) is 22.8 Å². The second-order valence-electron chi connectivity index (χ2n) is 6.15. The van der Waals surface area contributed by atoms with Crippen molar-refractivity contribution in [1.29, 1.82) is 0 Å². The van der Waals surface area contributed by atoms with E-state index in [1.54, 1.807) is 0 Å². The second kappa shape index (κ2) is 6.23. The van der Waals surface area contributed by atoms with Crippen molar-refractivity contribution in [3.63, 3.8) is 0 Å². The molecule has 2 aliphatic carbocycles. The molecule has 0 radical (unpaired) electrons. The Morgan fingerprint density at radius 1 is 1.05 bits per heavy atom. The van der Waals surface area contributed by atoms with Crippen LogP contribution in [0.25, 0.3) is 0 Å². The Hall–Kier alpha value is -1.27. The number of hydrogen-bond acceptors (Lipinski definition) is 2. The number of carboxylic acids is 1. The molecule has 2 aliphatic rings. The lowest BCUT2D eigenvalue weighted by Gasteiger charge is -2.32. The van der Waals surface area contributed by atoms with E-state index < -0.39 is 24.0 Å². The molecule has 0 saturated heterocycles. The SMILES string of the molecule is O=C(O)CN(CC1CC1)C(=O)C1CCC(C(F)(F)F)CC1. The molecule has 7 heteroatoms. The molecule has 2 saturated carbocycles. The van der Waals surface area contributed by atoms with Gasteiger partial charge in [0.2, 0.25) is 5.91 Å². The zero-order valence-corrected chi connectivity index (χ0v) is 11.7. The van der Waals surface area contributed by atoms with Gasteiger partial charge in [-0.3, -0.25) is 9.59 Å². The Kier molecular flexibility index (Phi) is 4.78. The Balaban J connectivity index is 1.90. The number of hydrogen-bond donors (Lipinski definition) is 1. The molecule has 0 unspecified atom stereocenters. The van der Waals surface area contributed by atoms with E-state index >= 15 is 0 Å². The first-order chi connectivity index (χ1) is 9.77. The van der Waals surface area contributed by atoms with Crippen LogP contribution in [0, 0.1) is 17.8 Å². The molecule has 120 valence electrons. The summed E-state index contributed by atoms with van der Waals surface area (Å²) in [6, 6.07) is 0. The quantitative estimate of drug-likeness (QED) is 0.849. The highest BCUT2D eigenvalue weighted by Gasteiger charge is 2.43. The van der Waals surface area contributed by atoms with Crippen molar-refractivity contribution in [2.24, 2.45) is 17.8 Å².